The summed E-state index contributed by atoms with van der Waals surface area (Å²) in [5.74, 6) is -0.541. The van der Waals surface area contributed by atoms with E-state index in [1.165, 1.54) is 0 Å². The molecule has 3 aliphatic carbocycles. The van der Waals surface area contributed by atoms with Crippen LogP contribution in [-0.2, 0) is 19.1 Å². The number of esters is 2. The van der Waals surface area contributed by atoms with Crippen LogP contribution in [0.5, 0.6) is 0 Å². The Morgan fingerprint density at radius 2 is 1.76 bits per heavy atom. The Hall–Kier alpha value is -0.900. The van der Waals surface area contributed by atoms with Crippen LogP contribution in [0.25, 0.3) is 0 Å². The van der Waals surface area contributed by atoms with Gasteiger partial charge in [-0.3, -0.25) is 9.59 Å². The van der Waals surface area contributed by atoms with Gasteiger partial charge in [-0.05, 0) is 30.6 Å². The van der Waals surface area contributed by atoms with Crippen LogP contribution in [0, 0.1) is 34.0 Å². The van der Waals surface area contributed by atoms with Gasteiger partial charge in [0.05, 0.1) is 17.9 Å². The van der Waals surface area contributed by atoms with Gasteiger partial charge in [-0.15, -0.1) is 0 Å². The number of carbonyl (C=O) groups excluding carboxylic acids is 2. The maximum absolute atomic E-state index is 12.5. The third-order valence-electron chi connectivity index (χ3n) is 8.36. The summed E-state index contributed by atoms with van der Waals surface area (Å²) in [4.78, 5) is 24.8. The Bertz CT molecular complexity index is 610. The minimum absolute atomic E-state index is 0.0620. The molecule has 7 atom stereocenters. The molecule has 5 fully saturated rings. The van der Waals surface area contributed by atoms with Gasteiger partial charge in [-0.2, -0.15) is 0 Å². The van der Waals surface area contributed by atoms with Crippen LogP contribution >= 0.6 is 0 Å². The summed E-state index contributed by atoms with van der Waals surface area (Å²) in [5, 5.41) is 0. The molecule has 0 aromatic rings. The highest BCUT2D eigenvalue weighted by Crippen LogP contribution is 2.90. The number of cyclic esters (lactones) is 2. The zero-order valence-electron chi connectivity index (χ0n) is 13.1. The van der Waals surface area contributed by atoms with Crippen molar-refractivity contribution in [3.63, 3.8) is 0 Å². The van der Waals surface area contributed by atoms with Crippen molar-refractivity contribution in [3.05, 3.63) is 0 Å². The second-order valence-corrected chi connectivity index (χ2v) is 8.81. The molecule has 5 aliphatic rings. The number of hydrogen-bond donors (Lipinski definition) is 0. The van der Waals surface area contributed by atoms with E-state index in [2.05, 4.69) is 27.7 Å². The molecular weight excluding hydrogens is 268 g/mol. The van der Waals surface area contributed by atoms with E-state index in [-0.39, 0.29) is 51.7 Å². The van der Waals surface area contributed by atoms with Crippen molar-refractivity contribution in [3.8, 4) is 0 Å². The minimum atomic E-state index is -0.305. The van der Waals surface area contributed by atoms with Crippen LogP contribution in [0.3, 0.4) is 0 Å². The third-order valence-corrected chi connectivity index (χ3v) is 8.36. The summed E-state index contributed by atoms with van der Waals surface area (Å²) >= 11 is 0. The molecule has 4 nitrogen and oxygen atoms in total. The van der Waals surface area contributed by atoms with Crippen LogP contribution in [-0.4, -0.2) is 23.6 Å². The molecule has 0 N–H and O–H groups in total. The van der Waals surface area contributed by atoms with Gasteiger partial charge in [-0.1, -0.05) is 27.7 Å². The van der Waals surface area contributed by atoms with E-state index in [0.29, 0.717) is 5.92 Å². The van der Waals surface area contributed by atoms with E-state index >= 15 is 0 Å². The number of epoxide rings is 1. The molecule has 0 aromatic carbocycles. The molecule has 114 valence electrons. The fraction of sp³-hybridized carbons (Fsp3) is 0.882. The van der Waals surface area contributed by atoms with E-state index in [1.54, 1.807) is 0 Å². The van der Waals surface area contributed by atoms with Crippen LogP contribution in [0.2, 0.25) is 0 Å². The van der Waals surface area contributed by atoms with Crippen molar-refractivity contribution in [2.24, 2.45) is 34.0 Å². The summed E-state index contributed by atoms with van der Waals surface area (Å²) in [6, 6.07) is 0. The molecule has 2 heterocycles. The van der Waals surface area contributed by atoms with Gasteiger partial charge in [0.2, 0.25) is 0 Å². The van der Waals surface area contributed by atoms with E-state index in [1.807, 2.05) is 0 Å². The Labute approximate surface area is 124 Å². The summed E-state index contributed by atoms with van der Waals surface area (Å²) in [6.07, 6.45) is 3.25. The number of fused-ring (bicyclic) bond motifs is 4. The lowest BCUT2D eigenvalue weighted by atomic mass is 9.52. The van der Waals surface area contributed by atoms with E-state index in [0.717, 1.165) is 19.3 Å². The molecule has 0 unspecified atom stereocenters. The van der Waals surface area contributed by atoms with Crippen molar-refractivity contribution in [2.75, 3.05) is 0 Å². The van der Waals surface area contributed by atoms with Crippen molar-refractivity contribution >= 4 is 11.9 Å². The van der Waals surface area contributed by atoms with Crippen molar-refractivity contribution in [1.29, 1.82) is 0 Å². The normalized spacial score (nSPS) is 62.1. The average Bonchev–Trinajstić information content (AvgIpc) is 2.95. The third kappa shape index (κ3) is 0.870. The minimum Gasteiger partial charge on any atom is -0.393 e. The van der Waals surface area contributed by atoms with Gasteiger partial charge in [0, 0.05) is 10.8 Å². The van der Waals surface area contributed by atoms with Gasteiger partial charge in [0.15, 0.2) is 0 Å². The maximum atomic E-state index is 12.5. The highest BCUT2D eigenvalue weighted by atomic mass is 16.6. The molecule has 2 aliphatic heterocycles. The first-order valence-corrected chi connectivity index (χ1v) is 8.17. The van der Waals surface area contributed by atoms with Crippen LogP contribution in [0.4, 0.5) is 0 Å². The van der Waals surface area contributed by atoms with Crippen molar-refractivity contribution in [2.45, 2.75) is 58.7 Å². The smallest absolute Gasteiger partial charge is 0.318 e. The monoisotopic (exact) mass is 290 g/mol. The van der Waals surface area contributed by atoms with Crippen LogP contribution < -0.4 is 0 Å². The van der Waals surface area contributed by atoms with E-state index < -0.39 is 0 Å². The Morgan fingerprint density at radius 1 is 1.10 bits per heavy atom. The molecule has 0 amide bonds. The number of rotatable bonds is 0. The summed E-state index contributed by atoms with van der Waals surface area (Å²) in [6.45, 7) is 8.97. The zero-order chi connectivity index (χ0) is 15.0. The molecule has 2 spiro atoms. The first-order valence-electron chi connectivity index (χ1n) is 8.17. The standard InChI is InChI=1S/C17H22O4/c1-8-5-6-16-10-9(11(18)20-12(10)19)15(4,14(16,2)3)13-17(16,7-8)21-13/h8-10,13H,5-7H2,1-4H3/t8-,9-,10+,13-,15+,16-,17-/m1/s1. The number of ether oxygens (including phenoxy) is 2. The van der Waals surface area contributed by atoms with Crippen LogP contribution in [0.15, 0.2) is 0 Å². The molecule has 0 radical (unpaired) electrons. The molecular formula is C17H22O4. The second kappa shape index (κ2) is 2.94. The molecule has 21 heavy (non-hydrogen) atoms. The van der Waals surface area contributed by atoms with E-state index in [9.17, 15) is 9.59 Å². The highest BCUT2D eigenvalue weighted by Gasteiger charge is 2.97. The molecule has 4 heteroatoms. The lowest BCUT2D eigenvalue weighted by Crippen LogP contribution is -2.53. The SMILES string of the molecule is C[C@@H]1CC[C@]23[C@@H]4C(=O)OC(=O)[C@@H]4[C@@](C)([C@H]4O[C@]42C1)C3(C)C. The molecule has 2 saturated heterocycles. The largest absolute Gasteiger partial charge is 0.393 e. The Kier molecular flexibility index (Phi) is 1.77. The second-order valence-electron chi connectivity index (χ2n) is 8.81. The topological polar surface area (TPSA) is 55.9 Å². The van der Waals surface area contributed by atoms with Crippen molar-refractivity contribution < 1.29 is 19.1 Å². The average molecular weight is 290 g/mol. The van der Waals surface area contributed by atoms with E-state index in [4.69, 9.17) is 9.47 Å². The molecule has 2 bridgehead atoms. The number of carbonyl (C=O) groups is 2. The fourth-order valence-electron chi connectivity index (χ4n) is 7.35. The lowest BCUT2D eigenvalue weighted by molar-refractivity contribution is -0.165. The maximum Gasteiger partial charge on any atom is 0.318 e. The quantitative estimate of drug-likeness (QED) is 0.390. The fourth-order valence-corrected chi connectivity index (χ4v) is 7.35. The van der Waals surface area contributed by atoms with Gasteiger partial charge >= 0.3 is 11.9 Å². The predicted octanol–water partition coefficient (Wildman–Crippen LogP) is 2.31. The van der Waals surface area contributed by atoms with Crippen molar-refractivity contribution in [1.82, 2.24) is 0 Å². The zero-order valence-corrected chi connectivity index (χ0v) is 13.1. The molecule has 0 aromatic heterocycles. The predicted molar refractivity (Wildman–Crippen MR) is 73.0 cm³/mol. The number of hydrogen-bond acceptors (Lipinski definition) is 4. The summed E-state index contributed by atoms with van der Waals surface area (Å²) < 4.78 is 11.4. The summed E-state index contributed by atoms with van der Waals surface area (Å²) in [5.41, 5.74) is -0.716. The first kappa shape index (κ1) is 12.6. The highest BCUT2D eigenvalue weighted by molar-refractivity contribution is 5.99. The summed E-state index contributed by atoms with van der Waals surface area (Å²) in [7, 11) is 0. The molecule has 3 saturated carbocycles. The van der Waals surface area contributed by atoms with Gasteiger partial charge < -0.3 is 9.47 Å². The van der Waals surface area contributed by atoms with Gasteiger partial charge in [0.25, 0.3) is 0 Å². The molecule has 5 rings (SSSR count). The Balaban J connectivity index is 1.80. The van der Waals surface area contributed by atoms with Gasteiger partial charge in [0.1, 0.15) is 5.60 Å². The van der Waals surface area contributed by atoms with Gasteiger partial charge in [-0.25, -0.2) is 0 Å². The lowest BCUT2D eigenvalue weighted by Gasteiger charge is -2.51. The van der Waals surface area contributed by atoms with Crippen LogP contribution in [0.1, 0.15) is 47.0 Å². The Morgan fingerprint density at radius 3 is 2.48 bits per heavy atom. The first-order chi connectivity index (χ1) is 9.74.